The Bertz CT molecular complexity index is 404. The number of carboxylic acids is 1. The van der Waals surface area contributed by atoms with E-state index in [1.807, 2.05) is 39.0 Å². The Balaban J connectivity index is 2.89. The van der Waals surface area contributed by atoms with Gasteiger partial charge in [-0.2, -0.15) is 0 Å². The lowest BCUT2D eigenvalue weighted by Gasteiger charge is -2.17. The third-order valence-electron chi connectivity index (χ3n) is 2.63. The number of ether oxygens (including phenoxy) is 1. The van der Waals surface area contributed by atoms with E-state index in [9.17, 15) is 4.79 Å². The van der Waals surface area contributed by atoms with Crippen LogP contribution in [0.4, 0.5) is 5.69 Å². The molecule has 4 heteroatoms. The number of hydrogen-bond acceptors (Lipinski definition) is 3. The number of hydrogen-bond donors (Lipinski definition) is 2. The van der Waals surface area contributed by atoms with E-state index in [0.717, 1.165) is 23.4 Å². The average Bonchev–Trinajstić information content (AvgIpc) is 2.34. The molecule has 4 nitrogen and oxygen atoms in total. The maximum absolute atomic E-state index is 11.0. The average molecular weight is 251 g/mol. The predicted octanol–water partition coefficient (Wildman–Crippen LogP) is 3.06. The minimum absolute atomic E-state index is 0.524. The van der Waals surface area contributed by atoms with Gasteiger partial charge in [0.15, 0.2) is 0 Å². The molecule has 0 bridgehead atoms. The first-order valence-corrected chi connectivity index (χ1v) is 6.31. The Morgan fingerprint density at radius 1 is 1.44 bits per heavy atom. The van der Waals surface area contributed by atoms with Crippen LogP contribution in [0.1, 0.15) is 32.3 Å². The molecular formula is C14H21NO3. The number of carboxylic acid groups (broad SMARTS) is 1. The Morgan fingerprint density at radius 3 is 2.72 bits per heavy atom. The molecule has 0 aliphatic rings. The third-order valence-corrected chi connectivity index (χ3v) is 2.63. The van der Waals surface area contributed by atoms with Crippen molar-refractivity contribution >= 4 is 11.7 Å². The fourth-order valence-corrected chi connectivity index (χ4v) is 1.61. The molecule has 0 amide bonds. The molecule has 0 aromatic heterocycles. The van der Waals surface area contributed by atoms with Crippen LogP contribution >= 0.6 is 0 Å². The second-order valence-electron chi connectivity index (χ2n) is 4.29. The summed E-state index contributed by atoms with van der Waals surface area (Å²) in [5.74, 6) is -0.129. The van der Waals surface area contributed by atoms with Crippen molar-refractivity contribution in [1.29, 1.82) is 0 Å². The minimum Gasteiger partial charge on any atom is -0.491 e. The molecule has 1 rings (SSSR count). The summed E-state index contributed by atoms with van der Waals surface area (Å²) in [5.41, 5.74) is 1.83. The van der Waals surface area contributed by atoms with Crippen LogP contribution in [-0.4, -0.2) is 23.7 Å². The largest absolute Gasteiger partial charge is 0.491 e. The SMILES string of the molecule is CCCOc1cc(C)ccc1NC(CC)C(=O)O. The topological polar surface area (TPSA) is 58.6 Å². The molecule has 100 valence electrons. The Hall–Kier alpha value is -1.71. The van der Waals surface area contributed by atoms with Crippen molar-refractivity contribution < 1.29 is 14.6 Å². The van der Waals surface area contributed by atoms with E-state index in [0.29, 0.717) is 13.0 Å². The van der Waals surface area contributed by atoms with Crippen LogP contribution < -0.4 is 10.1 Å². The molecule has 0 heterocycles. The lowest BCUT2D eigenvalue weighted by molar-refractivity contribution is -0.137. The maximum Gasteiger partial charge on any atom is 0.326 e. The van der Waals surface area contributed by atoms with Crippen molar-refractivity contribution in [3.05, 3.63) is 23.8 Å². The first-order valence-electron chi connectivity index (χ1n) is 6.31. The first kappa shape index (κ1) is 14.4. The lowest BCUT2D eigenvalue weighted by atomic mass is 10.1. The summed E-state index contributed by atoms with van der Waals surface area (Å²) in [5, 5.41) is 12.1. The fourth-order valence-electron chi connectivity index (χ4n) is 1.61. The molecule has 0 aliphatic heterocycles. The molecule has 0 fully saturated rings. The van der Waals surface area contributed by atoms with Crippen LogP contribution in [0.15, 0.2) is 18.2 Å². The van der Waals surface area contributed by atoms with Crippen LogP contribution in [0, 0.1) is 6.92 Å². The summed E-state index contributed by atoms with van der Waals surface area (Å²) in [4.78, 5) is 11.0. The Labute approximate surface area is 108 Å². The van der Waals surface area contributed by atoms with E-state index in [1.54, 1.807) is 0 Å². The minimum atomic E-state index is -0.848. The molecule has 18 heavy (non-hydrogen) atoms. The molecule has 0 radical (unpaired) electrons. The van der Waals surface area contributed by atoms with E-state index in [1.165, 1.54) is 0 Å². The van der Waals surface area contributed by atoms with Gasteiger partial charge in [0.25, 0.3) is 0 Å². The summed E-state index contributed by atoms with van der Waals surface area (Å²) >= 11 is 0. The Morgan fingerprint density at radius 2 is 2.17 bits per heavy atom. The second-order valence-corrected chi connectivity index (χ2v) is 4.29. The molecule has 1 atom stereocenters. The molecule has 1 unspecified atom stereocenters. The highest BCUT2D eigenvalue weighted by Crippen LogP contribution is 2.27. The zero-order chi connectivity index (χ0) is 13.5. The van der Waals surface area contributed by atoms with Crippen molar-refractivity contribution in [3.8, 4) is 5.75 Å². The van der Waals surface area contributed by atoms with Gasteiger partial charge in [0.05, 0.1) is 12.3 Å². The van der Waals surface area contributed by atoms with E-state index in [-0.39, 0.29) is 0 Å². The van der Waals surface area contributed by atoms with Crippen LogP contribution in [0.25, 0.3) is 0 Å². The number of rotatable bonds is 7. The highest BCUT2D eigenvalue weighted by molar-refractivity contribution is 5.78. The maximum atomic E-state index is 11.0. The smallest absolute Gasteiger partial charge is 0.326 e. The number of anilines is 1. The number of aryl methyl sites for hydroxylation is 1. The van der Waals surface area contributed by atoms with Gasteiger partial charge in [-0.1, -0.05) is 19.9 Å². The molecule has 0 spiro atoms. The van der Waals surface area contributed by atoms with Gasteiger partial charge in [-0.3, -0.25) is 0 Å². The predicted molar refractivity (Wildman–Crippen MR) is 72.3 cm³/mol. The number of nitrogens with one attached hydrogen (secondary N) is 1. The molecule has 0 aliphatic carbocycles. The summed E-state index contributed by atoms with van der Waals surface area (Å²) in [6.45, 7) is 6.49. The van der Waals surface area contributed by atoms with Crippen molar-refractivity contribution in [2.24, 2.45) is 0 Å². The van der Waals surface area contributed by atoms with Gasteiger partial charge in [0.1, 0.15) is 11.8 Å². The highest BCUT2D eigenvalue weighted by atomic mass is 16.5. The quantitative estimate of drug-likeness (QED) is 0.782. The second kappa shape index (κ2) is 6.89. The summed E-state index contributed by atoms with van der Waals surface area (Å²) in [6.07, 6.45) is 1.44. The molecule has 2 N–H and O–H groups in total. The van der Waals surface area contributed by atoms with Gasteiger partial charge in [-0.25, -0.2) is 4.79 Å². The van der Waals surface area contributed by atoms with Gasteiger partial charge in [-0.05, 0) is 37.5 Å². The molecular weight excluding hydrogens is 230 g/mol. The number of aliphatic carboxylic acids is 1. The molecule has 0 saturated heterocycles. The zero-order valence-electron chi connectivity index (χ0n) is 11.2. The summed E-state index contributed by atoms with van der Waals surface area (Å²) in [7, 11) is 0. The highest BCUT2D eigenvalue weighted by Gasteiger charge is 2.16. The zero-order valence-corrected chi connectivity index (χ0v) is 11.2. The van der Waals surface area contributed by atoms with Crippen molar-refractivity contribution in [1.82, 2.24) is 0 Å². The van der Waals surface area contributed by atoms with Crippen LogP contribution in [0.5, 0.6) is 5.75 Å². The summed E-state index contributed by atoms with van der Waals surface area (Å²) < 4.78 is 5.64. The van der Waals surface area contributed by atoms with Crippen LogP contribution in [-0.2, 0) is 4.79 Å². The summed E-state index contributed by atoms with van der Waals surface area (Å²) in [6, 6.07) is 5.14. The van der Waals surface area contributed by atoms with Crippen molar-refractivity contribution in [2.75, 3.05) is 11.9 Å². The van der Waals surface area contributed by atoms with Gasteiger partial charge < -0.3 is 15.2 Å². The number of benzene rings is 1. The van der Waals surface area contributed by atoms with Gasteiger partial charge in [0, 0.05) is 0 Å². The van der Waals surface area contributed by atoms with E-state index in [4.69, 9.17) is 9.84 Å². The lowest BCUT2D eigenvalue weighted by Crippen LogP contribution is -2.28. The molecule has 1 aromatic carbocycles. The van der Waals surface area contributed by atoms with Crippen LogP contribution in [0.2, 0.25) is 0 Å². The molecule has 0 saturated carbocycles. The van der Waals surface area contributed by atoms with Gasteiger partial charge in [-0.15, -0.1) is 0 Å². The molecule has 1 aromatic rings. The normalized spacial score (nSPS) is 11.9. The van der Waals surface area contributed by atoms with E-state index in [2.05, 4.69) is 5.32 Å². The number of carbonyl (C=O) groups is 1. The van der Waals surface area contributed by atoms with Crippen molar-refractivity contribution in [2.45, 2.75) is 39.7 Å². The van der Waals surface area contributed by atoms with E-state index < -0.39 is 12.0 Å². The standard InChI is InChI=1S/C14H21NO3/c1-4-8-18-13-9-10(3)6-7-12(13)15-11(5-2)14(16)17/h6-7,9,11,15H,4-5,8H2,1-3H3,(H,16,17). The third kappa shape index (κ3) is 3.95. The first-order chi connectivity index (χ1) is 8.58. The van der Waals surface area contributed by atoms with Gasteiger partial charge in [0.2, 0.25) is 0 Å². The van der Waals surface area contributed by atoms with Gasteiger partial charge >= 0.3 is 5.97 Å². The van der Waals surface area contributed by atoms with Crippen LogP contribution in [0.3, 0.4) is 0 Å². The van der Waals surface area contributed by atoms with E-state index >= 15 is 0 Å². The fraction of sp³-hybridized carbons (Fsp3) is 0.500. The Kier molecular flexibility index (Phi) is 5.49. The van der Waals surface area contributed by atoms with Crippen molar-refractivity contribution in [3.63, 3.8) is 0 Å². The monoisotopic (exact) mass is 251 g/mol.